The highest BCUT2D eigenvalue weighted by molar-refractivity contribution is 7.16. The van der Waals surface area contributed by atoms with Gasteiger partial charge in [-0.3, -0.25) is 4.79 Å². The van der Waals surface area contributed by atoms with E-state index in [0.717, 1.165) is 37.4 Å². The summed E-state index contributed by atoms with van der Waals surface area (Å²) in [4.78, 5) is 11.6. The number of carbonyl (C=O) groups is 1. The van der Waals surface area contributed by atoms with Crippen LogP contribution in [-0.2, 0) is 4.74 Å². The van der Waals surface area contributed by atoms with Gasteiger partial charge in [0.25, 0.3) is 5.91 Å². The summed E-state index contributed by atoms with van der Waals surface area (Å²) < 4.78 is 5.33. The molecule has 1 fully saturated rings. The molecule has 2 rings (SSSR count). The van der Waals surface area contributed by atoms with Crippen molar-refractivity contribution in [2.45, 2.75) is 12.8 Å². The first-order valence-electron chi connectivity index (χ1n) is 5.20. The number of nitrogen functional groups attached to an aromatic ring is 1. The molecule has 7 heteroatoms. The van der Waals surface area contributed by atoms with Gasteiger partial charge in [-0.25, -0.2) is 0 Å². The molecule has 0 spiro atoms. The van der Waals surface area contributed by atoms with E-state index < -0.39 is 0 Å². The summed E-state index contributed by atoms with van der Waals surface area (Å²) in [6, 6.07) is 0. The number of nitrogens with two attached hydrogens (primary N) is 1. The van der Waals surface area contributed by atoms with Crippen LogP contribution in [0.15, 0.2) is 0 Å². The van der Waals surface area contributed by atoms with Gasteiger partial charge in [0, 0.05) is 13.2 Å². The lowest BCUT2D eigenvalue weighted by atomic mass is 10.0. The Labute approximate surface area is 97.2 Å². The van der Waals surface area contributed by atoms with Crippen LogP contribution in [0.4, 0.5) is 5.13 Å². The summed E-state index contributed by atoms with van der Waals surface area (Å²) in [6.07, 6.45) is 2.16. The third-order valence-corrected chi connectivity index (χ3v) is 3.19. The van der Waals surface area contributed by atoms with Gasteiger partial charge in [-0.15, -0.1) is 10.2 Å². The molecule has 0 aromatic carbocycles. The Balaban J connectivity index is 1.79. The Morgan fingerprint density at radius 3 is 3.12 bits per heavy atom. The van der Waals surface area contributed by atoms with Crippen LogP contribution >= 0.6 is 11.3 Å². The van der Waals surface area contributed by atoms with Gasteiger partial charge >= 0.3 is 0 Å². The Morgan fingerprint density at radius 2 is 2.50 bits per heavy atom. The van der Waals surface area contributed by atoms with Crippen LogP contribution in [0.2, 0.25) is 0 Å². The Bertz CT molecular complexity index is 362. The van der Waals surface area contributed by atoms with Crippen LogP contribution in [0.1, 0.15) is 22.6 Å². The van der Waals surface area contributed by atoms with Crippen molar-refractivity contribution in [2.24, 2.45) is 5.92 Å². The molecule has 0 aliphatic carbocycles. The van der Waals surface area contributed by atoms with E-state index >= 15 is 0 Å². The van der Waals surface area contributed by atoms with Crippen LogP contribution in [-0.4, -0.2) is 35.9 Å². The molecular formula is C9H14N4O2S. The summed E-state index contributed by atoms with van der Waals surface area (Å²) in [7, 11) is 0. The summed E-state index contributed by atoms with van der Waals surface area (Å²) in [6.45, 7) is 2.17. The fourth-order valence-electron chi connectivity index (χ4n) is 1.61. The predicted octanol–water partition coefficient (Wildman–Crippen LogP) is 0.277. The fourth-order valence-corrected chi connectivity index (χ4v) is 2.13. The number of carbonyl (C=O) groups excluding carboxylic acids is 1. The van der Waals surface area contributed by atoms with E-state index in [1.54, 1.807) is 0 Å². The highest BCUT2D eigenvalue weighted by Crippen LogP contribution is 2.13. The number of aromatic nitrogens is 2. The molecule has 1 aromatic rings. The number of hydrogen-bond donors (Lipinski definition) is 2. The van der Waals surface area contributed by atoms with Crippen LogP contribution in [0, 0.1) is 5.92 Å². The first-order valence-corrected chi connectivity index (χ1v) is 6.02. The molecular weight excluding hydrogens is 228 g/mol. The smallest absolute Gasteiger partial charge is 0.282 e. The summed E-state index contributed by atoms with van der Waals surface area (Å²) in [5.41, 5.74) is 5.40. The molecule has 1 aromatic heterocycles. The largest absolute Gasteiger partial charge is 0.381 e. The Morgan fingerprint density at radius 1 is 1.62 bits per heavy atom. The first-order chi connectivity index (χ1) is 7.75. The van der Waals surface area contributed by atoms with Crippen molar-refractivity contribution in [3.63, 3.8) is 0 Å². The van der Waals surface area contributed by atoms with Gasteiger partial charge in [0.05, 0.1) is 6.61 Å². The zero-order valence-corrected chi connectivity index (χ0v) is 9.63. The van der Waals surface area contributed by atoms with Crippen LogP contribution in [0.5, 0.6) is 0 Å². The van der Waals surface area contributed by atoms with Gasteiger partial charge < -0.3 is 15.8 Å². The van der Waals surface area contributed by atoms with Crippen molar-refractivity contribution in [2.75, 3.05) is 25.5 Å². The molecule has 2 heterocycles. The van der Waals surface area contributed by atoms with E-state index in [0.29, 0.717) is 22.6 Å². The molecule has 0 bridgehead atoms. The zero-order valence-electron chi connectivity index (χ0n) is 8.81. The third-order valence-electron chi connectivity index (χ3n) is 2.44. The van der Waals surface area contributed by atoms with Gasteiger partial charge in [-0.05, 0) is 18.8 Å². The summed E-state index contributed by atoms with van der Waals surface area (Å²) in [5.74, 6) is 0.197. The Hall–Kier alpha value is -1.21. The summed E-state index contributed by atoms with van der Waals surface area (Å²) in [5, 5.41) is 10.7. The maximum absolute atomic E-state index is 11.6. The van der Waals surface area contributed by atoms with E-state index in [4.69, 9.17) is 10.5 Å². The fraction of sp³-hybridized carbons (Fsp3) is 0.667. The lowest BCUT2D eigenvalue weighted by molar-refractivity contribution is 0.0536. The van der Waals surface area contributed by atoms with Gasteiger partial charge in [0.15, 0.2) is 0 Å². The van der Waals surface area contributed by atoms with Crippen molar-refractivity contribution in [3.05, 3.63) is 5.01 Å². The van der Waals surface area contributed by atoms with Crippen molar-refractivity contribution < 1.29 is 9.53 Å². The first kappa shape index (κ1) is 11.3. The number of nitrogens with one attached hydrogen (secondary N) is 1. The zero-order chi connectivity index (χ0) is 11.4. The van der Waals surface area contributed by atoms with Crippen molar-refractivity contribution in [3.8, 4) is 0 Å². The second-order valence-corrected chi connectivity index (χ2v) is 4.75. The Kier molecular flexibility index (Phi) is 3.68. The average Bonchev–Trinajstić information content (AvgIpc) is 2.74. The number of ether oxygens (including phenoxy) is 1. The lowest BCUT2D eigenvalue weighted by Gasteiger charge is -2.21. The highest BCUT2D eigenvalue weighted by atomic mass is 32.1. The third kappa shape index (κ3) is 2.89. The maximum Gasteiger partial charge on any atom is 0.282 e. The second kappa shape index (κ2) is 5.22. The number of anilines is 1. The van der Waals surface area contributed by atoms with Crippen LogP contribution in [0.3, 0.4) is 0 Å². The molecule has 0 saturated carbocycles. The van der Waals surface area contributed by atoms with E-state index in [9.17, 15) is 4.79 Å². The maximum atomic E-state index is 11.6. The highest BCUT2D eigenvalue weighted by Gasteiger charge is 2.17. The van der Waals surface area contributed by atoms with Crippen LogP contribution in [0.25, 0.3) is 0 Å². The molecule has 1 amide bonds. The molecule has 0 radical (unpaired) electrons. The molecule has 1 atom stereocenters. The van der Waals surface area contributed by atoms with E-state index in [1.165, 1.54) is 0 Å². The van der Waals surface area contributed by atoms with Gasteiger partial charge in [0.1, 0.15) is 0 Å². The van der Waals surface area contributed by atoms with E-state index in [1.807, 2.05) is 0 Å². The lowest BCUT2D eigenvalue weighted by Crippen LogP contribution is -2.33. The van der Waals surface area contributed by atoms with Crippen molar-refractivity contribution in [1.82, 2.24) is 15.5 Å². The number of hydrogen-bond acceptors (Lipinski definition) is 6. The molecule has 1 unspecified atom stereocenters. The SMILES string of the molecule is Nc1nnc(C(=O)NCC2CCCOC2)s1. The number of nitrogens with zero attached hydrogens (tertiary/aromatic N) is 2. The monoisotopic (exact) mass is 242 g/mol. The minimum atomic E-state index is -0.209. The topological polar surface area (TPSA) is 90.1 Å². The normalized spacial score (nSPS) is 20.6. The number of amides is 1. The van der Waals surface area contributed by atoms with E-state index in [2.05, 4.69) is 15.5 Å². The molecule has 1 aliphatic heterocycles. The van der Waals surface area contributed by atoms with Crippen LogP contribution < -0.4 is 11.1 Å². The quantitative estimate of drug-likeness (QED) is 0.794. The molecule has 6 nitrogen and oxygen atoms in total. The van der Waals surface area contributed by atoms with Crippen molar-refractivity contribution >= 4 is 22.4 Å². The molecule has 1 saturated heterocycles. The molecule has 16 heavy (non-hydrogen) atoms. The summed E-state index contributed by atoms with van der Waals surface area (Å²) >= 11 is 1.09. The standard InChI is InChI=1S/C9H14N4O2S/c10-9-13-12-8(16-9)7(14)11-4-6-2-1-3-15-5-6/h6H,1-5H2,(H2,10,13)(H,11,14). The predicted molar refractivity (Wildman–Crippen MR) is 60.2 cm³/mol. The average molecular weight is 242 g/mol. The minimum Gasteiger partial charge on any atom is -0.381 e. The molecule has 88 valence electrons. The molecule has 3 N–H and O–H groups in total. The van der Waals surface area contributed by atoms with Crippen molar-refractivity contribution in [1.29, 1.82) is 0 Å². The van der Waals surface area contributed by atoms with E-state index in [-0.39, 0.29) is 5.91 Å². The number of rotatable bonds is 3. The second-order valence-electron chi connectivity index (χ2n) is 3.74. The van der Waals surface area contributed by atoms with Gasteiger partial charge in [0.2, 0.25) is 10.1 Å². The van der Waals surface area contributed by atoms with Gasteiger partial charge in [-0.1, -0.05) is 11.3 Å². The molecule has 1 aliphatic rings. The van der Waals surface area contributed by atoms with Gasteiger partial charge in [-0.2, -0.15) is 0 Å². The minimum absolute atomic E-state index is 0.209.